The average molecular weight is 341 g/mol. The van der Waals surface area contributed by atoms with Gasteiger partial charge in [0.25, 0.3) is 0 Å². The van der Waals surface area contributed by atoms with Gasteiger partial charge in [0, 0.05) is 0 Å². The van der Waals surface area contributed by atoms with Gasteiger partial charge in [0.15, 0.2) is 0 Å². The van der Waals surface area contributed by atoms with E-state index in [1.807, 2.05) is 34.6 Å². The minimum absolute atomic E-state index is 0.306. The monoisotopic (exact) mass is 341 g/mol. The maximum absolute atomic E-state index is 12.7. The number of allylic oxidation sites excluding steroid dienone is 1. The zero-order chi connectivity index (χ0) is 18.5. The van der Waals surface area contributed by atoms with Crippen molar-refractivity contribution in [1.29, 1.82) is 0 Å². The second kappa shape index (κ2) is 8.34. The smallest absolute Gasteiger partial charge is 0.413 e. The van der Waals surface area contributed by atoms with Crippen LogP contribution in [0.3, 0.4) is 0 Å². The lowest BCUT2D eigenvalue weighted by molar-refractivity contribution is -0.0665. The summed E-state index contributed by atoms with van der Waals surface area (Å²) in [6, 6.07) is -0.426. The molecule has 0 aromatic rings. The first-order chi connectivity index (χ1) is 11.0. The Labute approximate surface area is 147 Å². The van der Waals surface area contributed by atoms with E-state index >= 15 is 0 Å². The highest BCUT2D eigenvalue weighted by Crippen LogP contribution is 2.33. The van der Waals surface area contributed by atoms with E-state index in [0.717, 1.165) is 31.3 Å². The molecule has 0 spiro atoms. The molecule has 1 amide bonds. The molecule has 2 atom stereocenters. The van der Waals surface area contributed by atoms with Gasteiger partial charge in [-0.1, -0.05) is 32.8 Å². The van der Waals surface area contributed by atoms with Crippen LogP contribution in [0.2, 0.25) is 0 Å². The fourth-order valence-electron chi connectivity index (χ4n) is 2.97. The predicted molar refractivity (Wildman–Crippen MR) is 95.8 cm³/mol. The fourth-order valence-corrected chi connectivity index (χ4v) is 2.97. The second-order valence-corrected chi connectivity index (χ2v) is 7.94. The van der Waals surface area contributed by atoms with Gasteiger partial charge in [0.05, 0.1) is 18.8 Å². The lowest BCUT2D eigenvalue weighted by Crippen LogP contribution is -2.53. The highest BCUT2D eigenvalue weighted by Gasteiger charge is 2.48. The number of carbonyl (C=O) groups is 1. The zero-order valence-electron chi connectivity index (χ0n) is 16.4. The second-order valence-electron chi connectivity index (χ2n) is 7.94. The van der Waals surface area contributed by atoms with E-state index in [0.29, 0.717) is 6.61 Å². The Morgan fingerprint density at radius 1 is 1.38 bits per heavy atom. The van der Waals surface area contributed by atoms with Crippen molar-refractivity contribution < 1.29 is 19.4 Å². The fraction of sp³-hybridized carbons (Fsp3) is 0.842. The van der Waals surface area contributed by atoms with E-state index < -0.39 is 29.6 Å². The van der Waals surface area contributed by atoms with Crippen molar-refractivity contribution in [2.45, 2.75) is 97.6 Å². The highest BCUT2D eigenvalue weighted by atomic mass is 16.6. The van der Waals surface area contributed by atoms with Crippen LogP contribution in [0.1, 0.15) is 74.1 Å². The number of rotatable bonds is 6. The van der Waals surface area contributed by atoms with Crippen LogP contribution in [-0.2, 0) is 9.47 Å². The summed E-state index contributed by atoms with van der Waals surface area (Å²) in [6.45, 7) is 13.7. The summed E-state index contributed by atoms with van der Waals surface area (Å²) in [4.78, 5) is 14.2. The Kier molecular flexibility index (Phi) is 7.29. The maximum atomic E-state index is 12.7. The van der Waals surface area contributed by atoms with Crippen molar-refractivity contribution >= 4 is 6.09 Å². The first kappa shape index (κ1) is 21.0. The Bertz CT molecular complexity index is 451. The third-order valence-electron chi connectivity index (χ3n) is 4.09. The molecule has 0 aromatic heterocycles. The molecule has 0 bridgehead atoms. The van der Waals surface area contributed by atoms with Gasteiger partial charge in [-0.05, 0) is 53.0 Å². The molecule has 0 aliphatic carbocycles. The van der Waals surface area contributed by atoms with Crippen molar-refractivity contribution in [2.75, 3.05) is 6.61 Å². The predicted octanol–water partition coefficient (Wildman–Crippen LogP) is 4.25. The topological polar surface area (TPSA) is 59.0 Å². The molecule has 0 unspecified atom stereocenters. The summed E-state index contributed by atoms with van der Waals surface area (Å²) in [5.41, 5.74) is -0.398. The summed E-state index contributed by atoms with van der Waals surface area (Å²) >= 11 is 0. The number of hydrogen-bond acceptors (Lipinski definition) is 4. The Morgan fingerprint density at radius 2 is 2.00 bits per heavy atom. The molecule has 1 fully saturated rings. The number of carbonyl (C=O) groups excluding carboxylic acids is 1. The summed E-state index contributed by atoms with van der Waals surface area (Å²) in [5, 5.41) is 10.9. The molecule has 1 heterocycles. The molecular weight excluding hydrogens is 306 g/mol. The van der Waals surface area contributed by atoms with Crippen LogP contribution in [0.5, 0.6) is 0 Å². The number of nitrogens with zero attached hydrogens (tertiary/aromatic N) is 1. The Morgan fingerprint density at radius 3 is 2.50 bits per heavy atom. The quantitative estimate of drug-likeness (QED) is 0.734. The third kappa shape index (κ3) is 5.49. The van der Waals surface area contributed by atoms with E-state index in [9.17, 15) is 9.90 Å². The van der Waals surface area contributed by atoms with Gasteiger partial charge in [0.2, 0.25) is 0 Å². The van der Waals surface area contributed by atoms with Gasteiger partial charge in [-0.2, -0.15) is 0 Å². The van der Waals surface area contributed by atoms with Crippen molar-refractivity contribution in [3.63, 3.8) is 0 Å². The van der Waals surface area contributed by atoms with E-state index in [2.05, 4.69) is 19.9 Å². The molecule has 0 radical (unpaired) electrons. The first-order valence-electron chi connectivity index (χ1n) is 9.06. The van der Waals surface area contributed by atoms with Gasteiger partial charge in [-0.25, -0.2) is 4.79 Å². The third-order valence-corrected chi connectivity index (χ3v) is 4.09. The molecule has 5 nitrogen and oxygen atoms in total. The molecular formula is C19H35NO4. The summed E-state index contributed by atoms with van der Waals surface area (Å²) in [5.74, 6) is 0. The van der Waals surface area contributed by atoms with Crippen LogP contribution >= 0.6 is 0 Å². The van der Waals surface area contributed by atoms with Crippen LogP contribution in [-0.4, -0.2) is 46.2 Å². The standard InChI is InChI=1S/C19H35NO4/c1-8-10-12-14(11-9-2)16(21)15-13-23-19(6,7)20(15)17(22)24-18(3,4)5/h12,15-16,21H,8-11,13H2,1-7H3/b14-12+/t15-,16+/m0/s1. The lowest BCUT2D eigenvalue weighted by atomic mass is 9.96. The average Bonchev–Trinajstić information content (AvgIpc) is 2.76. The van der Waals surface area contributed by atoms with Gasteiger partial charge >= 0.3 is 6.09 Å². The van der Waals surface area contributed by atoms with Crippen molar-refractivity contribution in [1.82, 2.24) is 4.90 Å². The molecule has 1 N–H and O–H groups in total. The van der Waals surface area contributed by atoms with Crippen LogP contribution in [0.4, 0.5) is 4.79 Å². The molecule has 140 valence electrons. The molecule has 24 heavy (non-hydrogen) atoms. The number of ether oxygens (including phenoxy) is 2. The van der Waals surface area contributed by atoms with Crippen molar-refractivity contribution in [2.24, 2.45) is 0 Å². The van der Waals surface area contributed by atoms with E-state index in [1.54, 1.807) is 4.90 Å². The Balaban J connectivity index is 3.04. The Hall–Kier alpha value is -1.07. The molecule has 0 saturated carbocycles. The lowest BCUT2D eigenvalue weighted by Gasteiger charge is -2.37. The van der Waals surface area contributed by atoms with Crippen LogP contribution in [0.15, 0.2) is 11.6 Å². The van der Waals surface area contributed by atoms with Gasteiger partial charge in [-0.15, -0.1) is 0 Å². The SMILES string of the molecule is CCC/C=C(\CCC)[C@@H](O)[C@@H]1COC(C)(C)N1C(=O)OC(C)(C)C. The van der Waals surface area contributed by atoms with Crippen molar-refractivity contribution in [3.8, 4) is 0 Å². The summed E-state index contributed by atoms with van der Waals surface area (Å²) in [7, 11) is 0. The molecule has 5 heteroatoms. The molecule has 1 rings (SSSR count). The minimum Gasteiger partial charge on any atom is -0.444 e. The molecule has 1 saturated heterocycles. The zero-order valence-corrected chi connectivity index (χ0v) is 16.4. The number of aliphatic hydroxyl groups is 1. The van der Waals surface area contributed by atoms with Gasteiger partial charge < -0.3 is 14.6 Å². The van der Waals surface area contributed by atoms with Crippen LogP contribution < -0.4 is 0 Å². The van der Waals surface area contributed by atoms with E-state index in [1.165, 1.54) is 0 Å². The van der Waals surface area contributed by atoms with E-state index in [-0.39, 0.29) is 0 Å². The number of hydrogen-bond donors (Lipinski definition) is 1. The number of unbranched alkanes of at least 4 members (excludes halogenated alkanes) is 1. The number of amides is 1. The maximum Gasteiger partial charge on any atom is 0.413 e. The normalized spacial score (nSPS) is 22.6. The number of aliphatic hydroxyl groups excluding tert-OH is 1. The van der Waals surface area contributed by atoms with Crippen LogP contribution in [0, 0.1) is 0 Å². The van der Waals surface area contributed by atoms with Crippen LogP contribution in [0.25, 0.3) is 0 Å². The molecule has 1 aliphatic heterocycles. The largest absolute Gasteiger partial charge is 0.444 e. The van der Waals surface area contributed by atoms with E-state index in [4.69, 9.17) is 9.47 Å². The van der Waals surface area contributed by atoms with Crippen molar-refractivity contribution in [3.05, 3.63) is 11.6 Å². The highest BCUT2D eigenvalue weighted by molar-refractivity contribution is 5.70. The minimum atomic E-state index is -0.796. The first-order valence-corrected chi connectivity index (χ1v) is 9.06. The summed E-state index contributed by atoms with van der Waals surface area (Å²) < 4.78 is 11.3. The molecule has 1 aliphatic rings. The summed E-state index contributed by atoms with van der Waals surface area (Å²) in [6.07, 6.45) is 4.66. The van der Waals surface area contributed by atoms with Gasteiger partial charge in [-0.3, -0.25) is 4.90 Å². The van der Waals surface area contributed by atoms with Gasteiger partial charge in [0.1, 0.15) is 11.3 Å². The molecule has 0 aromatic carbocycles.